The largest absolute Gasteiger partial charge is 0.319 e. The molecule has 0 radical (unpaired) electrons. The number of nitrogens with zero attached hydrogens (tertiary/aromatic N) is 3. The molecule has 2 aromatic heterocycles. The van der Waals surface area contributed by atoms with Crippen LogP contribution >= 0.6 is 15.9 Å². The van der Waals surface area contributed by atoms with Crippen LogP contribution in [0, 0.1) is 18.3 Å². The minimum absolute atomic E-state index is 0.250. The Morgan fingerprint density at radius 3 is 2.74 bits per heavy atom. The maximum Gasteiger partial charge on any atom is 0.274 e. The highest BCUT2D eigenvalue weighted by molar-refractivity contribution is 9.10. The van der Waals surface area contributed by atoms with Gasteiger partial charge in [-0.2, -0.15) is 5.26 Å². The summed E-state index contributed by atoms with van der Waals surface area (Å²) in [4.78, 5) is 19.9. The molecular formula is C13H9BrN4O. The lowest BCUT2D eigenvalue weighted by atomic mass is 10.2. The molecule has 94 valence electrons. The van der Waals surface area contributed by atoms with Crippen LogP contribution < -0.4 is 5.32 Å². The number of halogens is 1. The third kappa shape index (κ3) is 3.14. The number of amides is 1. The van der Waals surface area contributed by atoms with E-state index in [1.54, 1.807) is 18.3 Å². The molecule has 0 aliphatic rings. The standard InChI is InChI=1S/C13H9BrN4O/c1-8-4-10(7-17-12(8)14)18-13(19)11-3-2-9(5-15)6-16-11/h2-4,6-7H,1H3,(H,18,19). The molecule has 2 rings (SSSR count). The Morgan fingerprint density at radius 1 is 1.37 bits per heavy atom. The van der Waals surface area contributed by atoms with Crippen LogP contribution in [0.1, 0.15) is 21.6 Å². The van der Waals surface area contributed by atoms with Crippen LogP contribution in [0.4, 0.5) is 5.69 Å². The number of rotatable bonds is 2. The molecule has 0 aliphatic heterocycles. The van der Waals surface area contributed by atoms with E-state index >= 15 is 0 Å². The molecule has 19 heavy (non-hydrogen) atoms. The Kier molecular flexibility index (Phi) is 3.88. The van der Waals surface area contributed by atoms with Crippen molar-refractivity contribution in [2.75, 3.05) is 5.32 Å². The second-order valence-corrected chi connectivity index (χ2v) is 4.58. The van der Waals surface area contributed by atoms with E-state index in [2.05, 4.69) is 31.2 Å². The number of hydrogen-bond acceptors (Lipinski definition) is 4. The Morgan fingerprint density at radius 2 is 2.16 bits per heavy atom. The first-order valence-electron chi connectivity index (χ1n) is 5.40. The Balaban J connectivity index is 2.16. The first-order valence-corrected chi connectivity index (χ1v) is 6.19. The van der Waals surface area contributed by atoms with Gasteiger partial charge in [0, 0.05) is 6.20 Å². The highest BCUT2D eigenvalue weighted by Gasteiger charge is 2.08. The lowest BCUT2D eigenvalue weighted by Gasteiger charge is -2.06. The SMILES string of the molecule is Cc1cc(NC(=O)c2ccc(C#N)cn2)cnc1Br. The van der Waals surface area contributed by atoms with Gasteiger partial charge in [0.05, 0.1) is 17.4 Å². The Bertz CT molecular complexity index is 661. The number of anilines is 1. The fourth-order valence-corrected chi connectivity index (χ4v) is 1.63. The summed E-state index contributed by atoms with van der Waals surface area (Å²) >= 11 is 3.29. The van der Waals surface area contributed by atoms with Gasteiger partial charge in [-0.1, -0.05) is 0 Å². The first-order chi connectivity index (χ1) is 9.10. The summed E-state index contributed by atoms with van der Waals surface area (Å²) in [5.41, 5.74) is 2.18. The molecule has 5 nitrogen and oxygen atoms in total. The third-order valence-electron chi connectivity index (χ3n) is 2.40. The molecule has 1 N–H and O–H groups in total. The number of pyridine rings is 2. The van der Waals surface area contributed by atoms with E-state index in [-0.39, 0.29) is 11.6 Å². The van der Waals surface area contributed by atoms with E-state index < -0.39 is 0 Å². The third-order valence-corrected chi connectivity index (χ3v) is 3.23. The van der Waals surface area contributed by atoms with Crippen molar-refractivity contribution in [3.05, 3.63) is 52.0 Å². The normalized spacial score (nSPS) is 9.74. The van der Waals surface area contributed by atoms with Crippen LogP contribution in [0.3, 0.4) is 0 Å². The molecule has 0 atom stereocenters. The molecule has 0 aromatic carbocycles. The van der Waals surface area contributed by atoms with Gasteiger partial charge in [-0.25, -0.2) is 9.97 Å². The average molecular weight is 317 g/mol. The van der Waals surface area contributed by atoms with Crippen molar-refractivity contribution >= 4 is 27.5 Å². The van der Waals surface area contributed by atoms with Crippen LogP contribution in [-0.4, -0.2) is 15.9 Å². The van der Waals surface area contributed by atoms with Crippen LogP contribution in [0.25, 0.3) is 0 Å². The predicted octanol–water partition coefficient (Wildman–Crippen LogP) is 2.67. The number of hydrogen-bond donors (Lipinski definition) is 1. The van der Waals surface area contributed by atoms with E-state index in [1.165, 1.54) is 12.3 Å². The zero-order chi connectivity index (χ0) is 13.8. The highest BCUT2D eigenvalue weighted by Crippen LogP contribution is 2.17. The highest BCUT2D eigenvalue weighted by atomic mass is 79.9. The molecule has 1 amide bonds. The number of nitriles is 1. The maximum absolute atomic E-state index is 11.9. The molecule has 0 unspecified atom stereocenters. The molecule has 0 saturated carbocycles. The molecule has 0 bridgehead atoms. The topological polar surface area (TPSA) is 78.7 Å². The minimum Gasteiger partial charge on any atom is -0.319 e. The number of carbonyl (C=O) groups excluding carboxylic acids is 1. The van der Waals surface area contributed by atoms with Gasteiger partial charge >= 0.3 is 0 Å². The Hall–Kier alpha value is -2.26. The van der Waals surface area contributed by atoms with E-state index in [0.717, 1.165) is 10.2 Å². The van der Waals surface area contributed by atoms with Crippen molar-refractivity contribution in [2.24, 2.45) is 0 Å². The van der Waals surface area contributed by atoms with Gasteiger partial charge < -0.3 is 5.32 Å². The quantitative estimate of drug-likeness (QED) is 0.864. The van der Waals surface area contributed by atoms with Gasteiger partial charge in [0.1, 0.15) is 16.4 Å². The molecule has 2 aromatic rings. The van der Waals surface area contributed by atoms with Crippen LogP contribution in [0.5, 0.6) is 0 Å². The summed E-state index contributed by atoms with van der Waals surface area (Å²) < 4.78 is 0.738. The zero-order valence-corrected chi connectivity index (χ0v) is 11.6. The summed E-state index contributed by atoms with van der Waals surface area (Å²) in [5, 5.41) is 11.4. The van der Waals surface area contributed by atoms with Crippen molar-refractivity contribution in [3.8, 4) is 6.07 Å². The molecule has 0 saturated heterocycles. The lowest BCUT2D eigenvalue weighted by molar-refractivity contribution is 0.102. The van der Waals surface area contributed by atoms with Gasteiger partial charge in [0.15, 0.2) is 0 Å². The number of aryl methyl sites for hydroxylation is 1. The predicted molar refractivity (Wildman–Crippen MR) is 73.6 cm³/mol. The molecule has 6 heteroatoms. The maximum atomic E-state index is 11.9. The average Bonchev–Trinajstić information content (AvgIpc) is 2.43. The lowest BCUT2D eigenvalue weighted by Crippen LogP contribution is -2.13. The van der Waals surface area contributed by atoms with Crippen molar-refractivity contribution < 1.29 is 4.79 Å². The number of nitrogens with one attached hydrogen (secondary N) is 1. The van der Waals surface area contributed by atoms with Gasteiger partial charge in [-0.3, -0.25) is 4.79 Å². The van der Waals surface area contributed by atoms with Crippen LogP contribution in [0.15, 0.2) is 35.2 Å². The van der Waals surface area contributed by atoms with Crippen molar-refractivity contribution in [1.29, 1.82) is 5.26 Å². The van der Waals surface area contributed by atoms with Crippen LogP contribution in [-0.2, 0) is 0 Å². The van der Waals surface area contributed by atoms with E-state index in [4.69, 9.17) is 5.26 Å². The molecule has 0 aliphatic carbocycles. The summed E-state index contributed by atoms with van der Waals surface area (Å²) in [6, 6.07) is 6.81. The van der Waals surface area contributed by atoms with E-state index in [1.807, 2.05) is 13.0 Å². The summed E-state index contributed by atoms with van der Waals surface area (Å²) in [5.74, 6) is -0.340. The summed E-state index contributed by atoms with van der Waals surface area (Å²) in [6.45, 7) is 1.88. The molecule has 0 fully saturated rings. The first kappa shape index (κ1) is 13.2. The van der Waals surface area contributed by atoms with Gasteiger partial charge in [0.2, 0.25) is 0 Å². The summed E-state index contributed by atoms with van der Waals surface area (Å²) in [7, 11) is 0. The van der Waals surface area contributed by atoms with Gasteiger partial charge in [-0.15, -0.1) is 0 Å². The van der Waals surface area contributed by atoms with Gasteiger partial charge in [0.25, 0.3) is 5.91 Å². The van der Waals surface area contributed by atoms with Gasteiger partial charge in [-0.05, 0) is 46.6 Å². The summed E-state index contributed by atoms with van der Waals surface area (Å²) in [6.07, 6.45) is 2.92. The van der Waals surface area contributed by atoms with E-state index in [9.17, 15) is 4.79 Å². The number of carbonyl (C=O) groups is 1. The molecule has 2 heterocycles. The fourth-order valence-electron chi connectivity index (χ4n) is 1.42. The van der Waals surface area contributed by atoms with Crippen molar-refractivity contribution in [1.82, 2.24) is 9.97 Å². The second kappa shape index (κ2) is 5.59. The van der Waals surface area contributed by atoms with Crippen LogP contribution in [0.2, 0.25) is 0 Å². The Labute approximate surface area is 118 Å². The van der Waals surface area contributed by atoms with Crippen molar-refractivity contribution in [3.63, 3.8) is 0 Å². The smallest absolute Gasteiger partial charge is 0.274 e. The molecular weight excluding hydrogens is 308 g/mol. The minimum atomic E-state index is -0.340. The molecule has 0 spiro atoms. The second-order valence-electron chi connectivity index (χ2n) is 3.83. The van der Waals surface area contributed by atoms with E-state index in [0.29, 0.717) is 11.3 Å². The zero-order valence-electron chi connectivity index (χ0n) is 10.0. The fraction of sp³-hybridized carbons (Fsp3) is 0.0769. The monoisotopic (exact) mass is 316 g/mol. The number of aromatic nitrogens is 2. The van der Waals surface area contributed by atoms with Crippen molar-refractivity contribution in [2.45, 2.75) is 6.92 Å².